The van der Waals surface area contributed by atoms with Crippen molar-refractivity contribution in [1.82, 2.24) is 4.72 Å². The molecule has 1 fully saturated rings. The molecule has 112 valence electrons. The van der Waals surface area contributed by atoms with E-state index >= 15 is 0 Å². The van der Waals surface area contributed by atoms with Crippen LogP contribution >= 0.6 is 0 Å². The van der Waals surface area contributed by atoms with Crippen LogP contribution in [0.1, 0.15) is 50.5 Å². The van der Waals surface area contributed by atoms with Crippen LogP contribution in [-0.2, 0) is 15.8 Å². The maximum absolute atomic E-state index is 12.3. The second kappa shape index (κ2) is 7.09. The smallest absolute Gasteiger partial charge is 0.216 e. The van der Waals surface area contributed by atoms with Gasteiger partial charge >= 0.3 is 0 Å². The number of anilines is 1. The monoisotopic (exact) mass is 296 g/mol. The summed E-state index contributed by atoms with van der Waals surface area (Å²) in [5, 5.41) is 0. The summed E-state index contributed by atoms with van der Waals surface area (Å²) in [7, 11) is -3.31. The van der Waals surface area contributed by atoms with Crippen LogP contribution in [0, 0.1) is 0 Å². The molecular formula is C15H24N2O2S. The number of nitrogens with two attached hydrogens (primary N) is 1. The van der Waals surface area contributed by atoms with Crippen molar-refractivity contribution >= 4 is 15.7 Å². The molecule has 0 amide bonds. The van der Waals surface area contributed by atoms with Gasteiger partial charge in [-0.1, -0.05) is 50.3 Å². The van der Waals surface area contributed by atoms with Crippen molar-refractivity contribution < 1.29 is 8.42 Å². The predicted molar refractivity (Wildman–Crippen MR) is 82.7 cm³/mol. The van der Waals surface area contributed by atoms with E-state index in [-0.39, 0.29) is 11.8 Å². The first-order chi connectivity index (χ1) is 9.57. The second-order valence-electron chi connectivity index (χ2n) is 5.62. The van der Waals surface area contributed by atoms with Gasteiger partial charge in [-0.25, -0.2) is 13.1 Å². The summed E-state index contributed by atoms with van der Waals surface area (Å²) in [5.41, 5.74) is 7.02. The fourth-order valence-corrected chi connectivity index (χ4v) is 4.24. The van der Waals surface area contributed by atoms with Gasteiger partial charge in [0.2, 0.25) is 10.0 Å². The van der Waals surface area contributed by atoms with E-state index in [4.69, 9.17) is 5.73 Å². The van der Waals surface area contributed by atoms with Gasteiger partial charge < -0.3 is 5.73 Å². The number of sulfonamides is 1. The van der Waals surface area contributed by atoms with Gasteiger partial charge in [0.15, 0.2) is 0 Å². The highest BCUT2D eigenvalue weighted by atomic mass is 32.2. The number of nitrogens with one attached hydrogen (secondary N) is 1. The molecule has 4 nitrogen and oxygen atoms in total. The van der Waals surface area contributed by atoms with Crippen LogP contribution in [0.25, 0.3) is 0 Å². The van der Waals surface area contributed by atoms with Crippen LogP contribution in [-0.4, -0.2) is 14.5 Å². The summed E-state index contributed by atoms with van der Waals surface area (Å²) in [4.78, 5) is 0. The average molecular weight is 296 g/mol. The predicted octanol–water partition coefficient (Wildman–Crippen LogP) is 2.80. The highest BCUT2D eigenvalue weighted by Gasteiger charge is 2.19. The van der Waals surface area contributed by atoms with Crippen LogP contribution in [0.5, 0.6) is 0 Å². The molecule has 0 aromatic heterocycles. The molecule has 0 aliphatic heterocycles. The number of benzene rings is 1. The Labute approximate surface area is 121 Å². The Bertz CT molecular complexity index is 520. The van der Waals surface area contributed by atoms with E-state index in [1.807, 2.05) is 12.1 Å². The van der Waals surface area contributed by atoms with E-state index in [0.29, 0.717) is 11.3 Å². The third kappa shape index (κ3) is 4.80. The summed E-state index contributed by atoms with van der Waals surface area (Å²) < 4.78 is 27.4. The molecule has 1 aliphatic carbocycles. The van der Waals surface area contributed by atoms with Crippen molar-refractivity contribution in [1.29, 1.82) is 0 Å². The zero-order valence-corrected chi connectivity index (χ0v) is 12.7. The van der Waals surface area contributed by atoms with Gasteiger partial charge in [-0.05, 0) is 24.5 Å². The summed E-state index contributed by atoms with van der Waals surface area (Å²) in [6.07, 6.45) is 7.82. The van der Waals surface area contributed by atoms with Gasteiger partial charge in [0.05, 0.1) is 5.75 Å². The Hall–Kier alpha value is -1.07. The standard InChI is InChI=1S/C15H24N2O2S/c16-15-11-7-6-8-13(15)12-20(18,19)17-14-9-4-2-1-3-5-10-14/h6-8,11,14,17H,1-5,9-10,12,16H2. The van der Waals surface area contributed by atoms with E-state index < -0.39 is 10.0 Å². The molecular weight excluding hydrogens is 272 g/mol. The third-order valence-corrected chi connectivity index (χ3v) is 5.24. The van der Waals surface area contributed by atoms with Crippen LogP contribution in [0.15, 0.2) is 24.3 Å². The number of nitrogen functional groups attached to an aromatic ring is 1. The highest BCUT2D eigenvalue weighted by Crippen LogP contribution is 2.19. The third-order valence-electron chi connectivity index (χ3n) is 3.85. The van der Waals surface area contributed by atoms with Gasteiger partial charge in [0, 0.05) is 11.7 Å². The topological polar surface area (TPSA) is 72.2 Å². The summed E-state index contributed by atoms with van der Waals surface area (Å²) in [6.45, 7) is 0. The summed E-state index contributed by atoms with van der Waals surface area (Å²) >= 11 is 0. The zero-order chi connectivity index (χ0) is 14.4. The van der Waals surface area contributed by atoms with Crippen molar-refractivity contribution in [2.24, 2.45) is 0 Å². The average Bonchev–Trinajstić information content (AvgIpc) is 2.35. The number of rotatable bonds is 4. The van der Waals surface area contributed by atoms with E-state index in [9.17, 15) is 8.42 Å². The lowest BCUT2D eigenvalue weighted by Gasteiger charge is -2.21. The van der Waals surface area contributed by atoms with E-state index in [0.717, 1.165) is 25.7 Å². The van der Waals surface area contributed by atoms with E-state index in [1.54, 1.807) is 12.1 Å². The van der Waals surface area contributed by atoms with Gasteiger partial charge in [0.25, 0.3) is 0 Å². The Kier molecular flexibility index (Phi) is 5.43. The molecule has 3 N–H and O–H groups in total. The number of hydrogen-bond acceptors (Lipinski definition) is 3. The number of hydrogen-bond donors (Lipinski definition) is 2. The minimum absolute atomic E-state index is 0.0316. The molecule has 0 saturated heterocycles. The fraction of sp³-hybridized carbons (Fsp3) is 0.600. The van der Waals surface area contributed by atoms with Crippen molar-refractivity contribution in [3.63, 3.8) is 0 Å². The van der Waals surface area contributed by atoms with Gasteiger partial charge in [-0.15, -0.1) is 0 Å². The van der Waals surface area contributed by atoms with E-state index in [1.165, 1.54) is 19.3 Å². The zero-order valence-electron chi connectivity index (χ0n) is 11.8. The van der Waals surface area contributed by atoms with Crippen molar-refractivity contribution in [3.05, 3.63) is 29.8 Å². The molecule has 1 aliphatic rings. The van der Waals surface area contributed by atoms with Crippen LogP contribution < -0.4 is 10.5 Å². The minimum Gasteiger partial charge on any atom is -0.398 e. The molecule has 0 heterocycles. The maximum Gasteiger partial charge on any atom is 0.216 e. The van der Waals surface area contributed by atoms with Crippen LogP contribution in [0.3, 0.4) is 0 Å². The number of para-hydroxylation sites is 1. The quantitative estimate of drug-likeness (QED) is 0.839. The first-order valence-electron chi connectivity index (χ1n) is 7.40. The SMILES string of the molecule is Nc1ccccc1CS(=O)(=O)NC1CCCCCCC1. The Balaban J connectivity index is 1.97. The first-order valence-corrected chi connectivity index (χ1v) is 9.05. The molecule has 1 aromatic carbocycles. The minimum atomic E-state index is -3.31. The molecule has 0 radical (unpaired) electrons. The maximum atomic E-state index is 12.3. The van der Waals surface area contributed by atoms with Gasteiger partial charge in [-0.3, -0.25) is 0 Å². The Morgan fingerprint density at radius 2 is 1.65 bits per heavy atom. The molecule has 2 rings (SSSR count). The lowest BCUT2D eigenvalue weighted by Crippen LogP contribution is -2.36. The normalized spacial score (nSPS) is 18.4. The molecule has 1 aromatic rings. The summed E-state index contributed by atoms with van der Waals surface area (Å²) in [5.74, 6) is -0.0316. The largest absolute Gasteiger partial charge is 0.398 e. The molecule has 1 saturated carbocycles. The van der Waals surface area contributed by atoms with Crippen LogP contribution in [0.2, 0.25) is 0 Å². The lowest BCUT2D eigenvalue weighted by atomic mass is 9.97. The van der Waals surface area contributed by atoms with Crippen LogP contribution in [0.4, 0.5) is 5.69 Å². The first kappa shape index (κ1) is 15.3. The molecule has 0 unspecified atom stereocenters. The highest BCUT2D eigenvalue weighted by molar-refractivity contribution is 7.88. The molecule has 20 heavy (non-hydrogen) atoms. The van der Waals surface area contributed by atoms with Crippen molar-refractivity contribution in [3.8, 4) is 0 Å². The van der Waals surface area contributed by atoms with Gasteiger partial charge in [-0.2, -0.15) is 0 Å². The van der Waals surface area contributed by atoms with Crippen molar-refractivity contribution in [2.75, 3.05) is 5.73 Å². The second-order valence-corrected chi connectivity index (χ2v) is 7.37. The molecule has 0 atom stereocenters. The summed E-state index contributed by atoms with van der Waals surface area (Å²) in [6, 6.07) is 7.23. The Morgan fingerprint density at radius 1 is 1.05 bits per heavy atom. The van der Waals surface area contributed by atoms with Gasteiger partial charge in [0.1, 0.15) is 0 Å². The lowest BCUT2D eigenvalue weighted by molar-refractivity contribution is 0.426. The molecule has 0 bridgehead atoms. The van der Waals surface area contributed by atoms with Crippen molar-refractivity contribution in [2.45, 2.75) is 56.7 Å². The molecule has 5 heteroatoms. The Morgan fingerprint density at radius 3 is 2.30 bits per heavy atom. The fourth-order valence-electron chi connectivity index (χ4n) is 2.74. The molecule has 0 spiro atoms. The van der Waals surface area contributed by atoms with E-state index in [2.05, 4.69) is 4.72 Å².